The van der Waals surface area contributed by atoms with E-state index in [0.717, 1.165) is 11.5 Å². The summed E-state index contributed by atoms with van der Waals surface area (Å²) < 4.78 is 14.5. The third-order valence-corrected chi connectivity index (χ3v) is 12.3. The van der Waals surface area contributed by atoms with Crippen molar-refractivity contribution in [3.8, 4) is 17.2 Å². The minimum absolute atomic E-state index is 0.0436. The predicted octanol–water partition coefficient (Wildman–Crippen LogP) is 9.13. The lowest BCUT2D eigenvalue weighted by Crippen LogP contribution is -2.69. The number of nitrogens with zero attached hydrogens (tertiary/aromatic N) is 4. The van der Waals surface area contributed by atoms with Crippen LogP contribution in [-0.4, -0.2) is 22.7 Å². The Hall–Kier alpha value is -5.59. The summed E-state index contributed by atoms with van der Waals surface area (Å²) in [5.41, 5.74) is 10.5. The van der Waals surface area contributed by atoms with Crippen LogP contribution in [0.3, 0.4) is 0 Å². The Morgan fingerprint density at radius 2 is 1.43 bits per heavy atom. The highest BCUT2D eigenvalue weighted by Gasteiger charge is 2.68. The fraction of sp³-hybridized carbons (Fsp3) is 0.0976. The molecule has 0 radical (unpaired) electrons. The van der Waals surface area contributed by atoms with Crippen LogP contribution in [0.4, 0.5) is 5.69 Å². The summed E-state index contributed by atoms with van der Waals surface area (Å²) in [6, 6.07) is 42.3. The Morgan fingerprint density at radius 3 is 2.30 bits per heavy atom. The minimum atomic E-state index is -0.556. The van der Waals surface area contributed by atoms with Crippen LogP contribution in [0.5, 0.6) is 11.5 Å². The van der Waals surface area contributed by atoms with Gasteiger partial charge in [0.25, 0.3) is 5.65 Å². The maximum Gasteiger partial charge on any atom is 0.296 e. The molecule has 7 heterocycles. The molecule has 1 spiro atoms. The van der Waals surface area contributed by atoms with Crippen LogP contribution in [0.2, 0.25) is 0 Å². The summed E-state index contributed by atoms with van der Waals surface area (Å²) in [5, 5.41) is 5.19. The van der Waals surface area contributed by atoms with Gasteiger partial charge in [-0.25, -0.2) is 4.57 Å². The largest absolute Gasteiger partial charge is 0.456 e. The molecule has 3 aromatic heterocycles. The van der Waals surface area contributed by atoms with E-state index in [0.29, 0.717) is 0 Å². The van der Waals surface area contributed by atoms with Gasteiger partial charge in [0, 0.05) is 43.9 Å². The molecule has 5 nitrogen and oxygen atoms in total. The molecule has 47 heavy (non-hydrogen) atoms. The van der Waals surface area contributed by atoms with E-state index in [1.165, 1.54) is 81.6 Å². The van der Waals surface area contributed by atoms with Crippen LogP contribution in [0.25, 0.3) is 53.5 Å². The van der Waals surface area contributed by atoms with Crippen LogP contribution >= 0.6 is 11.3 Å². The van der Waals surface area contributed by atoms with Crippen molar-refractivity contribution in [3.63, 3.8) is 0 Å². The second-order valence-electron chi connectivity index (χ2n) is 13.2. The fourth-order valence-electron chi connectivity index (χ4n) is 9.62. The lowest BCUT2D eigenvalue weighted by Gasteiger charge is -2.43. The van der Waals surface area contributed by atoms with Gasteiger partial charge in [-0.1, -0.05) is 54.6 Å². The number of likely N-dealkylation sites (N-methyl/N-ethyl adjacent to an activating group) is 1. The molecular weight excluding hydrogens is 597 g/mol. The van der Waals surface area contributed by atoms with E-state index in [1.54, 1.807) is 0 Å². The minimum Gasteiger partial charge on any atom is -0.456 e. The maximum absolute atomic E-state index is 6.85. The topological polar surface area (TPSA) is 24.5 Å². The van der Waals surface area contributed by atoms with Crippen molar-refractivity contribution in [3.05, 3.63) is 144 Å². The number of pyridine rings is 1. The van der Waals surface area contributed by atoms with Gasteiger partial charge < -0.3 is 14.5 Å². The number of aromatic nitrogens is 2. The molecule has 0 fully saturated rings. The number of hydrogen-bond acceptors (Lipinski definition) is 4. The van der Waals surface area contributed by atoms with E-state index in [-0.39, 0.29) is 6.17 Å². The number of fused-ring (bicyclic) bond motifs is 9. The van der Waals surface area contributed by atoms with Crippen molar-refractivity contribution in [2.75, 3.05) is 11.9 Å². The molecule has 0 aliphatic carbocycles. The van der Waals surface area contributed by atoms with Crippen LogP contribution < -0.4 is 14.2 Å². The van der Waals surface area contributed by atoms with E-state index in [4.69, 9.17) is 4.74 Å². The van der Waals surface area contributed by atoms with Gasteiger partial charge >= 0.3 is 0 Å². The summed E-state index contributed by atoms with van der Waals surface area (Å²) in [5.74, 6) is 1.86. The van der Waals surface area contributed by atoms with Crippen molar-refractivity contribution >= 4 is 64.8 Å². The number of para-hydroxylation sites is 1. The number of hydrogen-bond donors (Lipinski definition) is 0. The summed E-state index contributed by atoms with van der Waals surface area (Å²) in [4.78, 5) is 5.13. The summed E-state index contributed by atoms with van der Waals surface area (Å²) >= 11 is 1.88. The molecule has 0 bridgehead atoms. The van der Waals surface area contributed by atoms with Gasteiger partial charge in [0.2, 0.25) is 5.54 Å². The number of ether oxygens (including phenoxy) is 1. The second-order valence-corrected chi connectivity index (χ2v) is 14.3. The Balaban J connectivity index is 1.19. The summed E-state index contributed by atoms with van der Waals surface area (Å²) in [6.45, 7) is 2.30. The SMILES string of the molecule is CC1=C(c2ccc3c(c2)sc2ccccc23)N(C)C2N1c1cccc3c1C21c2c(cccc2-n2c4ccccc4c4ccc[n+]1c42)O3. The van der Waals surface area contributed by atoms with Crippen molar-refractivity contribution < 1.29 is 9.30 Å². The monoisotopic (exact) mass is 623 g/mol. The van der Waals surface area contributed by atoms with Gasteiger partial charge in [0.05, 0.1) is 34.1 Å². The van der Waals surface area contributed by atoms with Crippen molar-refractivity contribution in [1.29, 1.82) is 0 Å². The first-order valence-electron chi connectivity index (χ1n) is 16.2. The maximum atomic E-state index is 6.85. The van der Waals surface area contributed by atoms with Gasteiger partial charge in [-0.05, 0) is 67.6 Å². The molecule has 12 rings (SSSR count). The van der Waals surface area contributed by atoms with Crippen LogP contribution in [0, 0.1) is 0 Å². The average Bonchev–Trinajstić information content (AvgIpc) is 3.81. The first-order chi connectivity index (χ1) is 23.2. The average molecular weight is 624 g/mol. The van der Waals surface area contributed by atoms with Crippen molar-refractivity contribution in [1.82, 2.24) is 9.47 Å². The standard InChI is InChI=1S/C41H27N4OS/c1-23-38(24-19-20-27-26-11-4-6-18-34(26)47-35(27)22-24)42(2)40-41-36-30(44(23)40)14-7-16-32(36)46-33-17-8-15-31(37(33)41)45-29-13-5-3-10-25(29)28-12-9-21-43(41)39(28)45/h3-22,40H,1-2H3/q+1. The van der Waals surface area contributed by atoms with Gasteiger partial charge in [-0.15, -0.1) is 11.3 Å². The van der Waals surface area contributed by atoms with E-state index < -0.39 is 5.54 Å². The molecule has 5 aromatic carbocycles. The number of rotatable bonds is 1. The number of anilines is 1. The zero-order chi connectivity index (χ0) is 30.8. The number of benzene rings is 5. The highest BCUT2D eigenvalue weighted by molar-refractivity contribution is 7.25. The van der Waals surface area contributed by atoms with Gasteiger partial charge in [-0.2, -0.15) is 4.57 Å². The second kappa shape index (κ2) is 8.03. The normalized spacial score (nSPS) is 20.0. The molecule has 0 saturated heterocycles. The fourth-order valence-corrected chi connectivity index (χ4v) is 10.8. The van der Waals surface area contributed by atoms with E-state index in [1.807, 2.05) is 11.3 Å². The molecule has 0 N–H and O–H groups in total. The van der Waals surface area contributed by atoms with E-state index in [2.05, 4.69) is 154 Å². The summed E-state index contributed by atoms with van der Waals surface area (Å²) in [6.07, 6.45) is 2.26. The highest BCUT2D eigenvalue weighted by Crippen LogP contribution is 2.64. The zero-order valence-electron chi connectivity index (χ0n) is 25.7. The van der Waals surface area contributed by atoms with Gasteiger partial charge in [0.1, 0.15) is 22.7 Å². The number of thiophene rings is 1. The molecule has 4 aliphatic rings. The predicted molar refractivity (Wildman–Crippen MR) is 190 cm³/mol. The van der Waals surface area contributed by atoms with Gasteiger partial charge in [-0.3, -0.25) is 0 Å². The van der Waals surface area contributed by atoms with Crippen LogP contribution in [-0.2, 0) is 5.54 Å². The highest BCUT2D eigenvalue weighted by atomic mass is 32.1. The van der Waals surface area contributed by atoms with Crippen molar-refractivity contribution in [2.24, 2.45) is 0 Å². The quantitative estimate of drug-likeness (QED) is 0.171. The molecule has 0 saturated carbocycles. The molecule has 6 heteroatoms. The third-order valence-electron chi connectivity index (χ3n) is 11.2. The molecule has 8 aromatic rings. The molecular formula is C41H27N4OS+. The lowest BCUT2D eigenvalue weighted by atomic mass is 9.76. The van der Waals surface area contributed by atoms with Crippen molar-refractivity contribution in [2.45, 2.75) is 18.6 Å². The first-order valence-corrected chi connectivity index (χ1v) is 17.0. The first kappa shape index (κ1) is 24.6. The zero-order valence-corrected chi connectivity index (χ0v) is 26.5. The number of allylic oxidation sites excluding steroid dienone is 1. The Labute approximate surface area is 274 Å². The smallest absolute Gasteiger partial charge is 0.296 e. The molecule has 2 unspecified atom stereocenters. The Morgan fingerprint density at radius 1 is 0.702 bits per heavy atom. The van der Waals surface area contributed by atoms with E-state index >= 15 is 0 Å². The Kier molecular flexibility index (Phi) is 4.21. The van der Waals surface area contributed by atoms with Gasteiger partial charge in [0.15, 0.2) is 6.17 Å². The van der Waals surface area contributed by atoms with E-state index in [9.17, 15) is 0 Å². The third kappa shape index (κ3) is 2.60. The molecule has 4 aliphatic heterocycles. The lowest BCUT2D eigenvalue weighted by molar-refractivity contribution is -0.728. The summed E-state index contributed by atoms with van der Waals surface area (Å²) in [7, 11) is 2.29. The molecule has 222 valence electrons. The molecule has 2 atom stereocenters. The molecule has 0 amide bonds. The Bertz CT molecular complexity index is 2790. The van der Waals surface area contributed by atoms with Crippen LogP contribution in [0.1, 0.15) is 23.6 Å². The van der Waals surface area contributed by atoms with Crippen LogP contribution in [0.15, 0.2) is 127 Å².